The number of ether oxygens (including phenoxy) is 1. The SMILES string of the molecule is CC(=O)Nc1ccc(S(=O)(=O)N(C2CCCCC2)C2CC(=O)N(c3ccc(OC(C)=O)cc3)C2=O)cc1. The van der Waals surface area contributed by atoms with Crippen molar-refractivity contribution in [3.8, 4) is 5.75 Å². The molecule has 2 aromatic carbocycles. The highest BCUT2D eigenvalue weighted by molar-refractivity contribution is 7.89. The van der Waals surface area contributed by atoms with E-state index in [-0.39, 0.29) is 28.7 Å². The van der Waals surface area contributed by atoms with Crippen LogP contribution >= 0.6 is 0 Å². The molecular formula is C26H29N3O7S. The highest BCUT2D eigenvalue weighted by Crippen LogP contribution is 2.35. The molecule has 0 radical (unpaired) electrons. The first-order chi connectivity index (χ1) is 17.6. The van der Waals surface area contributed by atoms with Gasteiger partial charge < -0.3 is 10.1 Å². The lowest BCUT2D eigenvalue weighted by Crippen LogP contribution is -2.51. The summed E-state index contributed by atoms with van der Waals surface area (Å²) in [7, 11) is -4.15. The summed E-state index contributed by atoms with van der Waals surface area (Å²) in [6, 6.07) is 10.1. The molecule has 1 aliphatic carbocycles. The number of imide groups is 1. The summed E-state index contributed by atoms with van der Waals surface area (Å²) in [5, 5.41) is 2.60. The van der Waals surface area contributed by atoms with Crippen LogP contribution in [0, 0.1) is 0 Å². The van der Waals surface area contributed by atoms with Crippen molar-refractivity contribution in [2.75, 3.05) is 10.2 Å². The summed E-state index contributed by atoms with van der Waals surface area (Å²) >= 11 is 0. The van der Waals surface area contributed by atoms with Crippen LogP contribution in [-0.2, 0) is 29.2 Å². The van der Waals surface area contributed by atoms with Gasteiger partial charge in [-0.15, -0.1) is 0 Å². The van der Waals surface area contributed by atoms with Crippen molar-refractivity contribution in [3.63, 3.8) is 0 Å². The van der Waals surface area contributed by atoms with E-state index in [1.165, 1.54) is 66.7 Å². The van der Waals surface area contributed by atoms with E-state index in [0.29, 0.717) is 18.5 Å². The smallest absolute Gasteiger partial charge is 0.308 e. The summed E-state index contributed by atoms with van der Waals surface area (Å²) in [5.74, 6) is -1.64. The normalized spacial score (nSPS) is 18.8. The lowest BCUT2D eigenvalue weighted by molar-refractivity contribution is -0.132. The van der Waals surface area contributed by atoms with Crippen LogP contribution in [0.5, 0.6) is 5.75 Å². The van der Waals surface area contributed by atoms with Crippen LogP contribution in [0.2, 0.25) is 0 Å². The molecule has 2 aromatic rings. The number of carbonyl (C=O) groups is 4. The number of esters is 1. The highest BCUT2D eigenvalue weighted by Gasteiger charge is 2.49. The van der Waals surface area contributed by atoms with Gasteiger partial charge in [0.1, 0.15) is 11.8 Å². The topological polar surface area (TPSA) is 130 Å². The zero-order valence-corrected chi connectivity index (χ0v) is 21.5. The molecule has 1 saturated carbocycles. The third-order valence-electron chi connectivity index (χ3n) is 6.47. The number of nitrogens with one attached hydrogen (secondary N) is 1. The van der Waals surface area contributed by atoms with Crippen LogP contribution in [0.3, 0.4) is 0 Å². The summed E-state index contributed by atoms with van der Waals surface area (Å²) in [5.41, 5.74) is 0.722. The van der Waals surface area contributed by atoms with Crippen LogP contribution in [-0.4, -0.2) is 48.5 Å². The molecule has 2 fully saturated rings. The number of nitrogens with zero attached hydrogens (tertiary/aromatic N) is 2. The van der Waals surface area contributed by atoms with Crippen LogP contribution < -0.4 is 15.0 Å². The minimum Gasteiger partial charge on any atom is -0.427 e. The van der Waals surface area contributed by atoms with Crippen molar-refractivity contribution in [2.24, 2.45) is 0 Å². The van der Waals surface area contributed by atoms with Crippen molar-refractivity contribution in [1.82, 2.24) is 4.31 Å². The van der Waals surface area contributed by atoms with Crippen molar-refractivity contribution < 1.29 is 32.3 Å². The van der Waals surface area contributed by atoms with Gasteiger partial charge in [-0.25, -0.2) is 13.3 Å². The quantitative estimate of drug-likeness (QED) is 0.332. The van der Waals surface area contributed by atoms with E-state index in [9.17, 15) is 27.6 Å². The second-order valence-corrected chi connectivity index (χ2v) is 11.1. The fraction of sp³-hybridized carbons (Fsp3) is 0.385. The molecule has 0 spiro atoms. The van der Waals surface area contributed by atoms with Gasteiger partial charge in [0.25, 0.3) is 5.91 Å². The highest BCUT2D eigenvalue weighted by atomic mass is 32.2. The molecule has 1 heterocycles. The number of benzene rings is 2. The maximum absolute atomic E-state index is 13.9. The standard InChI is InChI=1S/C26H29N3O7S/c1-17(30)27-19-8-14-23(15-9-19)37(34,35)29(21-6-4-3-5-7-21)24-16-25(32)28(26(24)33)20-10-12-22(13-11-20)36-18(2)31/h8-15,21,24H,3-7,16H2,1-2H3,(H,27,30). The molecule has 2 aliphatic rings. The average Bonchev–Trinajstić information content (AvgIpc) is 3.13. The Balaban J connectivity index is 1.66. The van der Waals surface area contributed by atoms with Crippen LogP contribution in [0.25, 0.3) is 0 Å². The van der Waals surface area contributed by atoms with Crippen LogP contribution in [0.1, 0.15) is 52.4 Å². The predicted molar refractivity (Wildman–Crippen MR) is 135 cm³/mol. The van der Waals surface area contributed by atoms with Gasteiger partial charge in [0.2, 0.25) is 21.8 Å². The fourth-order valence-corrected chi connectivity index (χ4v) is 6.73. The Hall–Kier alpha value is -3.57. The Morgan fingerprint density at radius 1 is 0.946 bits per heavy atom. The molecule has 1 N–H and O–H groups in total. The van der Waals surface area contributed by atoms with Gasteiger partial charge in [-0.2, -0.15) is 4.31 Å². The third-order valence-corrected chi connectivity index (χ3v) is 8.45. The molecule has 196 valence electrons. The zero-order valence-electron chi connectivity index (χ0n) is 20.7. The molecule has 10 nitrogen and oxygen atoms in total. The number of carbonyl (C=O) groups excluding carboxylic acids is 4. The number of anilines is 2. The molecule has 1 unspecified atom stereocenters. The second-order valence-electron chi connectivity index (χ2n) is 9.21. The minimum absolute atomic E-state index is 0.0170. The van der Waals surface area contributed by atoms with E-state index in [2.05, 4.69) is 5.32 Å². The molecule has 1 saturated heterocycles. The van der Waals surface area contributed by atoms with Gasteiger partial charge in [-0.1, -0.05) is 19.3 Å². The Labute approximate surface area is 215 Å². The lowest BCUT2D eigenvalue weighted by Gasteiger charge is -2.36. The lowest BCUT2D eigenvalue weighted by atomic mass is 9.94. The summed E-state index contributed by atoms with van der Waals surface area (Å²) < 4.78 is 34.0. The summed E-state index contributed by atoms with van der Waals surface area (Å²) in [6.45, 7) is 2.62. The Bertz CT molecular complexity index is 1300. The fourth-order valence-electron chi connectivity index (χ4n) is 4.90. The molecule has 0 aromatic heterocycles. The third kappa shape index (κ3) is 5.72. The number of sulfonamides is 1. The summed E-state index contributed by atoms with van der Waals surface area (Å²) in [4.78, 5) is 50.1. The molecular weight excluding hydrogens is 498 g/mol. The van der Waals surface area contributed by atoms with Crippen molar-refractivity contribution in [3.05, 3.63) is 48.5 Å². The van der Waals surface area contributed by atoms with Gasteiger partial charge in [-0.05, 0) is 61.4 Å². The average molecular weight is 528 g/mol. The monoisotopic (exact) mass is 527 g/mol. The van der Waals surface area contributed by atoms with Gasteiger partial charge in [0.05, 0.1) is 17.0 Å². The van der Waals surface area contributed by atoms with E-state index in [1.807, 2.05) is 0 Å². The molecule has 1 aliphatic heterocycles. The van der Waals surface area contributed by atoms with Gasteiger partial charge >= 0.3 is 5.97 Å². The Morgan fingerprint density at radius 2 is 1.57 bits per heavy atom. The Morgan fingerprint density at radius 3 is 2.14 bits per heavy atom. The molecule has 0 bridgehead atoms. The minimum atomic E-state index is -4.15. The van der Waals surface area contributed by atoms with E-state index in [0.717, 1.165) is 24.2 Å². The number of amides is 3. The molecule has 3 amide bonds. The molecule has 11 heteroatoms. The first kappa shape index (κ1) is 26.5. The molecule has 1 atom stereocenters. The second kappa shape index (κ2) is 10.8. The molecule has 37 heavy (non-hydrogen) atoms. The zero-order chi connectivity index (χ0) is 26.7. The largest absolute Gasteiger partial charge is 0.427 e. The number of rotatable bonds is 7. The van der Waals surface area contributed by atoms with Gasteiger partial charge in [0, 0.05) is 25.6 Å². The summed E-state index contributed by atoms with van der Waals surface area (Å²) in [6.07, 6.45) is 3.55. The predicted octanol–water partition coefficient (Wildman–Crippen LogP) is 3.23. The van der Waals surface area contributed by atoms with Gasteiger partial charge in [0.15, 0.2) is 0 Å². The Kier molecular flexibility index (Phi) is 7.74. The van der Waals surface area contributed by atoms with E-state index < -0.39 is 39.9 Å². The van der Waals surface area contributed by atoms with Crippen LogP contribution in [0.4, 0.5) is 11.4 Å². The van der Waals surface area contributed by atoms with E-state index in [4.69, 9.17) is 4.74 Å². The first-order valence-electron chi connectivity index (χ1n) is 12.1. The van der Waals surface area contributed by atoms with Crippen molar-refractivity contribution >= 4 is 45.1 Å². The van der Waals surface area contributed by atoms with E-state index >= 15 is 0 Å². The molecule has 4 rings (SSSR count). The first-order valence-corrected chi connectivity index (χ1v) is 13.6. The van der Waals surface area contributed by atoms with Crippen molar-refractivity contribution in [2.45, 2.75) is 69.4 Å². The van der Waals surface area contributed by atoms with Crippen molar-refractivity contribution in [1.29, 1.82) is 0 Å². The maximum Gasteiger partial charge on any atom is 0.308 e. The van der Waals surface area contributed by atoms with Crippen LogP contribution in [0.15, 0.2) is 53.4 Å². The number of hydrogen-bond acceptors (Lipinski definition) is 7. The van der Waals surface area contributed by atoms with Gasteiger partial charge in [-0.3, -0.25) is 19.2 Å². The maximum atomic E-state index is 13.9. The van der Waals surface area contributed by atoms with E-state index in [1.54, 1.807) is 0 Å². The number of hydrogen-bond donors (Lipinski definition) is 1.